The van der Waals surface area contributed by atoms with Crippen molar-refractivity contribution in [1.29, 1.82) is 0 Å². The Morgan fingerprint density at radius 1 is 0.950 bits per heavy atom. The van der Waals surface area contributed by atoms with Crippen LogP contribution in [0.3, 0.4) is 0 Å². The molecule has 2 heteroatoms. The van der Waals surface area contributed by atoms with Crippen LogP contribution in [-0.4, -0.2) is 18.9 Å². The van der Waals surface area contributed by atoms with Crippen molar-refractivity contribution >= 4 is 11.5 Å². The van der Waals surface area contributed by atoms with Crippen molar-refractivity contribution in [2.75, 3.05) is 18.0 Å². The molecule has 2 aromatic carbocycles. The maximum absolute atomic E-state index is 11.3. The first-order valence-electron chi connectivity index (χ1n) is 7.17. The van der Waals surface area contributed by atoms with Gasteiger partial charge in [-0.3, -0.25) is 4.79 Å². The van der Waals surface area contributed by atoms with E-state index >= 15 is 0 Å². The Morgan fingerprint density at radius 2 is 1.70 bits per heavy atom. The number of aryl methyl sites for hydroxylation is 1. The van der Waals surface area contributed by atoms with Gasteiger partial charge in [0.15, 0.2) is 0 Å². The Bertz CT molecular complexity index is 623. The number of piperidine rings is 1. The molecular formula is C18H19NO. The highest BCUT2D eigenvalue weighted by molar-refractivity contribution is 5.81. The number of anilines is 1. The minimum atomic E-state index is 0.385. The predicted octanol–water partition coefficient (Wildman–Crippen LogP) is 3.83. The summed E-state index contributed by atoms with van der Waals surface area (Å²) < 4.78 is 0. The lowest BCUT2D eigenvalue weighted by molar-refractivity contribution is -0.119. The molecule has 0 aliphatic carbocycles. The second kappa shape index (κ2) is 5.49. The normalized spacial score (nSPS) is 15.4. The summed E-state index contributed by atoms with van der Waals surface area (Å²) in [5, 5.41) is 0. The summed E-state index contributed by atoms with van der Waals surface area (Å²) in [4.78, 5) is 13.7. The third-order valence-electron chi connectivity index (χ3n) is 3.99. The Kier molecular flexibility index (Phi) is 3.55. The number of nitrogens with zero attached hydrogens (tertiary/aromatic N) is 1. The summed E-state index contributed by atoms with van der Waals surface area (Å²) in [6.45, 7) is 3.83. The Labute approximate surface area is 120 Å². The zero-order chi connectivity index (χ0) is 13.9. The van der Waals surface area contributed by atoms with Crippen LogP contribution in [-0.2, 0) is 4.79 Å². The molecule has 0 spiro atoms. The zero-order valence-electron chi connectivity index (χ0n) is 11.8. The molecule has 3 rings (SSSR count). The SMILES string of the molecule is Cc1ccccc1-c1cccc(N2CCC(=O)CC2)c1. The van der Waals surface area contributed by atoms with Gasteiger partial charge < -0.3 is 4.90 Å². The van der Waals surface area contributed by atoms with Crippen LogP contribution in [0.5, 0.6) is 0 Å². The molecule has 0 N–H and O–H groups in total. The van der Waals surface area contributed by atoms with Gasteiger partial charge in [0, 0.05) is 31.6 Å². The van der Waals surface area contributed by atoms with Crippen molar-refractivity contribution in [2.24, 2.45) is 0 Å². The molecular weight excluding hydrogens is 246 g/mol. The minimum absolute atomic E-state index is 0.385. The quantitative estimate of drug-likeness (QED) is 0.822. The van der Waals surface area contributed by atoms with Gasteiger partial charge in [-0.15, -0.1) is 0 Å². The molecule has 1 heterocycles. The number of hydrogen-bond donors (Lipinski definition) is 0. The molecule has 0 atom stereocenters. The molecule has 0 amide bonds. The molecule has 1 saturated heterocycles. The van der Waals surface area contributed by atoms with Crippen molar-refractivity contribution < 1.29 is 4.79 Å². The minimum Gasteiger partial charge on any atom is -0.371 e. The van der Waals surface area contributed by atoms with Gasteiger partial charge in [0.05, 0.1) is 0 Å². The number of ketones is 1. The third-order valence-corrected chi connectivity index (χ3v) is 3.99. The van der Waals surface area contributed by atoms with Crippen LogP contribution in [0.2, 0.25) is 0 Å². The van der Waals surface area contributed by atoms with E-state index in [0.29, 0.717) is 18.6 Å². The number of hydrogen-bond acceptors (Lipinski definition) is 2. The van der Waals surface area contributed by atoms with E-state index in [0.717, 1.165) is 13.1 Å². The molecule has 0 bridgehead atoms. The summed E-state index contributed by atoms with van der Waals surface area (Å²) in [6.07, 6.45) is 1.35. The number of benzene rings is 2. The van der Waals surface area contributed by atoms with Crippen LogP contribution in [0, 0.1) is 6.92 Å². The van der Waals surface area contributed by atoms with Gasteiger partial charge in [0.25, 0.3) is 0 Å². The molecule has 1 fully saturated rings. The van der Waals surface area contributed by atoms with Gasteiger partial charge >= 0.3 is 0 Å². The van der Waals surface area contributed by atoms with Crippen molar-refractivity contribution in [2.45, 2.75) is 19.8 Å². The summed E-state index contributed by atoms with van der Waals surface area (Å²) >= 11 is 0. The van der Waals surface area contributed by atoms with Crippen molar-refractivity contribution in [3.05, 3.63) is 54.1 Å². The number of rotatable bonds is 2. The molecule has 1 aliphatic heterocycles. The van der Waals surface area contributed by atoms with E-state index in [9.17, 15) is 4.79 Å². The van der Waals surface area contributed by atoms with E-state index in [1.54, 1.807) is 0 Å². The van der Waals surface area contributed by atoms with Crippen LogP contribution >= 0.6 is 0 Å². The summed E-state index contributed by atoms with van der Waals surface area (Å²) in [5.41, 5.74) is 5.04. The topological polar surface area (TPSA) is 20.3 Å². The fraction of sp³-hybridized carbons (Fsp3) is 0.278. The Balaban J connectivity index is 1.90. The van der Waals surface area contributed by atoms with E-state index in [1.807, 2.05) is 0 Å². The molecule has 102 valence electrons. The average Bonchev–Trinajstić information content (AvgIpc) is 2.49. The molecule has 0 saturated carbocycles. The van der Waals surface area contributed by atoms with E-state index in [1.165, 1.54) is 22.4 Å². The molecule has 0 aromatic heterocycles. The first-order valence-corrected chi connectivity index (χ1v) is 7.17. The number of carbonyl (C=O) groups excluding carboxylic acids is 1. The molecule has 1 aliphatic rings. The van der Waals surface area contributed by atoms with Gasteiger partial charge in [-0.25, -0.2) is 0 Å². The summed E-state index contributed by atoms with van der Waals surface area (Å²) in [5.74, 6) is 0.385. The Morgan fingerprint density at radius 3 is 2.45 bits per heavy atom. The lowest BCUT2D eigenvalue weighted by atomic mass is 9.99. The third kappa shape index (κ3) is 2.60. The van der Waals surface area contributed by atoms with Crippen LogP contribution in [0.25, 0.3) is 11.1 Å². The molecule has 2 aromatic rings. The van der Waals surface area contributed by atoms with E-state index < -0.39 is 0 Å². The van der Waals surface area contributed by atoms with Crippen molar-refractivity contribution in [1.82, 2.24) is 0 Å². The zero-order valence-corrected chi connectivity index (χ0v) is 11.8. The average molecular weight is 265 g/mol. The van der Waals surface area contributed by atoms with E-state index in [4.69, 9.17) is 0 Å². The second-order valence-corrected chi connectivity index (χ2v) is 5.39. The van der Waals surface area contributed by atoms with Gasteiger partial charge in [-0.05, 0) is 35.7 Å². The summed E-state index contributed by atoms with van der Waals surface area (Å²) in [7, 11) is 0. The monoisotopic (exact) mass is 265 g/mol. The highest BCUT2D eigenvalue weighted by atomic mass is 16.1. The van der Waals surface area contributed by atoms with E-state index in [-0.39, 0.29) is 0 Å². The fourth-order valence-corrected chi connectivity index (χ4v) is 2.78. The number of Topliss-reactive ketones (excluding diaryl/α,β-unsaturated/α-hetero) is 1. The van der Waals surface area contributed by atoms with Crippen molar-refractivity contribution in [3.63, 3.8) is 0 Å². The smallest absolute Gasteiger partial charge is 0.136 e. The maximum Gasteiger partial charge on any atom is 0.136 e. The van der Waals surface area contributed by atoms with Gasteiger partial charge in [-0.2, -0.15) is 0 Å². The van der Waals surface area contributed by atoms with Crippen LogP contribution in [0.4, 0.5) is 5.69 Å². The largest absolute Gasteiger partial charge is 0.371 e. The lowest BCUT2D eigenvalue weighted by Gasteiger charge is -2.28. The standard InChI is InChI=1S/C18H19NO/c1-14-5-2-3-8-18(14)15-6-4-7-16(13-15)19-11-9-17(20)10-12-19/h2-8,13H,9-12H2,1H3. The maximum atomic E-state index is 11.3. The van der Waals surface area contributed by atoms with Gasteiger partial charge in [0.2, 0.25) is 0 Å². The van der Waals surface area contributed by atoms with E-state index in [2.05, 4.69) is 60.4 Å². The lowest BCUT2D eigenvalue weighted by Crippen LogP contribution is -2.33. The highest BCUT2D eigenvalue weighted by Gasteiger charge is 2.16. The van der Waals surface area contributed by atoms with Gasteiger partial charge in [0.1, 0.15) is 5.78 Å². The predicted molar refractivity (Wildman–Crippen MR) is 83.1 cm³/mol. The van der Waals surface area contributed by atoms with Gasteiger partial charge in [-0.1, -0.05) is 36.4 Å². The van der Waals surface area contributed by atoms with Crippen LogP contribution < -0.4 is 4.90 Å². The molecule has 0 unspecified atom stereocenters. The highest BCUT2D eigenvalue weighted by Crippen LogP contribution is 2.28. The first kappa shape index (κ1) is 12.9. The summed E-state index contributed by atoms with van der Waals surface area (Å²) in [6, 6.07) is 17.1. The molecule has 2 nitrogen and oxygen atoms in total. The molecule has 0 radical (unpaired) electrons. The molecule has 20 heavy (non-hydrogen) atoms. The van der Waals surface area contributed by atoms with Crippen LogP contribution in [0.15, 0.2) is 48.5 Å². The first-order chi connectivity index (χ1) is 9.74. The number of carbonyl (C=O) groups is 1. The fourth-order valence-electron chi connectivity index (χ4n) is 2.78. The van der Waals surface area contributed by atoms with Crippen LogP contribution in [0.1, 0.15) is 18.4 Å². The second-order valence-electron chi connectivity index (χ2n) is 5.39. The Hall–Kier alpha value is -2.09. The van der Waals surface area contributed by atoms with Crippen molar-refractivity contribution in [3.8, 4) is 11.1 Å².